The Kier molecular flexibility index (Phi) is 6.22. The molecular formula is C20H24O6. The maximum atomic E-state index is 10.0. The molecule has 0 aromatic heterocycles. The highest BCUT2D eigenvalue weighted by Gasteiger charge is 2.14. The van der Waals surface area contributed by atoms with E-state index in [0.717, 1.165) is 11.1 Å². The summed E-state index contributed by atoms with van der Waals surface area (Å²) in [7, 11) is 5.96. The van der Waals surface area contributed by atoms with E-state index in [0.29, 0.717) is 23.0 Å². The van der Waals surface area contributed by atoms with Crippen molar-refractivity contribution in [2.24, 2.45) is 0 Å². The van der Waals surface area contributed by atoms with Gasteiger partial charge < -0.3 is 29.2 Å². The summed E-state index contributed by atoms with van der Waals surface area (Å²) in [6.07, 6.45) is 3.89. The third kappa shape index (κ3) is 3.96. The Labute approximate surface area is 153 Å². The number of benzene rings is 2. The molecule has 0 heterocycles. The van der Waals surface area contributed by atoms with E-state index in [1.807, 2.05) is 19.1 Å². The molecule has 0 spiro atoms. The minimum atomic E-state index is -0.0341. The van der Waals surface area contributed by atoms with E-state index in [1.54, 1.807) is 24.3 Å². The zero-order valence-corrected chi connectivity index (χ0v) is 15.6. The predicted octanol–water partition coefficient (Wildman–Crippen LogP) is 3.95. The van der Waals surface area contributed by atoms with Crippen LogP contribution in [-0.4, -0.2) is 38.7 Å². The fraction of sp³-hybridized carbons (Fsp3) is 0.300. The van der Waals surface area contributed by atoms with Crippen LogP contribution < -0.4 is 18.9 Å². The van der Waals surface area contributed by atoms with Gasteiger partial charge in [0.25, 0.3) is 0 Å². The summed E-state index contributed by atoms with van der Waals surface area (Å²) in [4.78, 5) is 0. The smallest absolute Gasteiger partial charge is 0.200 e. The van der Waals surface area contributed by atoms with Crippen molar-refractivity contribution in [2.75, 3.05) is 28.4 Å². The van der Waals surface area contributed by atoms with Gasteiger partial charge >= 0.3 is 0 Å². The Morgan fingerprint density at radius 2 is 1.12 bits per heavy atom. The molecule has 2 aromatic carbocycles. The average molecular weight is 360 g/mol. The largest absolute Gasteiger partial charge is 0.502 e. The summed E-state index contributed by atoms with van der Waals surface area (Å²) in [5.41, 5.74) is 1.74. The van der Waals surface area contributed by atoms with Gasteiger partial charge in [-0.15, -0.1) is 0 Å². The van der Waals surface area contributed by atoms with Crippen molar-refractivity contribution in [1.82, 2.24) is 0 Å². The first-order valence-electron chi connectivity index (χ1n) is 8.03. The van der Waals surface area contributed by atoms with E-state index in [9.17, 15) is 10.2 Å². The second kappa shape index (κ2) is 8.38. The second-order valence-corrected chi connectivity index (χ2v) is 5.70. The third-order valence-electron chi connectivity index (χ3n) is 4.11. The van der Waals surface area contributed by atoms with Gasteiger partial charge in [0.1, 0.15) is 0 Å². The monoisotopic (exact) mass is 360 g/mol. The fourth-order valence-electron chi connectivity index (χ4n) is 2.55. The molecule has 0 bridgehead atoms. The lowest BCUT2D eigenvalue weighted by atomic mass is 9.98. The number of hydrogen-bond donors (Lipinski definition) is 2. The maximum Gasteiger partial charge on any atom is 0.200 e. The van der Waals surface area contributed by atoms with Gasteiger partial charge in [0, 0.05) is 0 Å². The molecule has 1 atom stereocenters. The lowest BCUT2D eigenvalue weighted by Gasteiger charge is -2.14. The summed E-state index contributed by atoms with van der Waals surface area (Å²) in [5, 5.41) is 20.0. The van der Waals surface area contributed by atoms with Crippen LogP contribution in [0.4, 0.5) is 0 Å². The molecule has 0 aliphatic heterocycles. The molecule has 0 saturated carbocycles. The highest BCUT2D eigenvalue weighted by atomic mass is 16.5. The molecule has 0 radical (unpaired) electrons. The van der Waals surface area contributed by atoms with Crippen LogP contribution in [0.25, 0.3) is 6.08 Å². The normalized spacial score (nSPS) is 12.0. The van der Waals surface area contributed by atoms with Gasteiger partial charge in [-0.3, -0.25) is 0 Å². The quantitative estimate of drug-likeness (QED) is 0.778. The van der Waals surface area contributed by atoms with Gasteiger partial charge in [0.05, 0.1) is 28.4 Å². The number of aromatic hydroxyl groups is 2. The van der Waals surface area contributed by atoms with Crippen LogP contribution in [0.5, 0.6) is 34.5 Å². The van der Waals surface area contributed by atoms with E-state index < -0.39 is 0 Å². The van der Waals surface area contributed by atoms with Crippen LogP contribution in [0.3, 0.4) is 0 Å². The number of rotatable bonds is 7. The summed E-state index contributed by atoms with van der Waals surface area (Å²) in [5.74, 6) is 1.34. The first-order chi connectivity index (χ1) is 12.4. The van der Waals surface area contributed by atoms with Crippen molar-refractivity contribution in [3.05, 3.63) is 41.5 Å². The molecule has 0 aliphatic rings. The van der Waals surface area contributed by atoms with Gasteiger partial charge in [-0.05, 0) is 41.3 Å². The Hall–Kier alpha value is -3.02. The lowest BCUT2D eigenvalue weighted by molar-refractivity contribution is 0.339. The zero-order chi connectivity index (χ0) is 19.3. The number of allylic oxidation sites excluding steroid dienone is 1. The summed E-state index contributed by atoms with van der Waals surface area (Å²) < 4.78 is 20.7. The van der Waals surface area contributed by atoms with Crippen LogP contribution in [0.1, 0.15) is 24.0 Å². The fourth-order valence-corrected chi connectivity index (χ4v) is 2.55. The maximum absolute atomic E-state index is 10.0. The number of hydrogen-bond acceptors (Lipinski definition) is 6. The SMILES string of the molecule is COc1cc(/C=C/C(C)c2cc(OC)c(O)c(OC)c2)cc(OC)c1O. The Morgan fingerprint density at radius 1 is 0.731 bits per heavy atom. The molecule has 6 heteroatoms. The molecule has 2 N–H and O–H groups in total. The summed E-state index contributed by atoms with van der Waals surface area (Å²) in [6.45, 7) is 2.01. The van der Waals surface area contributed by atoms with Crippen molar-refractivity contribution in [3.8, 4) is 34.5 Å². The van der Waals surface area contributed by atoms with Gasteiger partial charge in [-0.25, -0.2) is 0 Å². The molecule has 2 aromatic rings. The van der Waals surface area contributed by atoms with E-state index in [4.69, 9.17) is 18.9 Å². The Balaban J connectivity index is 2.34. The van der Waals surface area contributed by atoms with Crippen LogP contribution in [0.15, 0.2) is 30.3 Å². The number of ether oxygens (including phenoxy) is 4. The molecule has 1 unspecified atom stereocenters. The minimum absolute atomic E-state index is 0.0178. The van der Waals surface area contributed by atoms with Gasteiger partial charge in [-0.1, -0.05) is 19.1 Å². The van der Waals surface area contributed by atoms with Crippen molar-refractivity contribution >= 4 is 6.08 Å². The topological polar surface area (TPSA) is 77.4 Å². The zero-order valence-electron chi connectivity index (χ0n) is 15.6. The number of methoxy groups -OCH3 is 4. The molecule has 140 valence electrons. The van der Waals surface area contributed by atoms with Crippen LogP contribution >= 0.6 is 0 Å². The number of phenols is 2. The molecule has 0 amide bonds. The number of phenolic OH excluding ortho intramolecular Hbond substituents is 2. The van der Waals surface area contributed by atoms with E-state index >= 15 is 0 Å². The summed E-state index contributed by atoms with van der Waals surface area (Å²) >= 11 is 0. The standard InChI is InChI=1S/C20H24O6/c1-12(14-10-17(25-4)20(22)18(11-14)26-5)6-7-13-8-15(23-2)19(21)16(9-13)24-3/h6-12,21-22H,1-5H3/b7-6+. The molecule has 0 aliphatic carbocycles. The van der Waals surface area contributed by atoms with Crippen LogP contribution in [0, 0.1) is 0 Å². The molecule has 2 rings (SSSR count). The van der Waals surface area contributed by atoms with Gasteiger partial charge in [0.15, 0.2) is 23.0 Å². The first-order valence-corrected chi connectivity index (χ1v) is 8.03. The molecule has 26 heavy (non-hydrogen) atoms. The van der Waals surface area contributed by atoms with Gasteiger partial charge in [0.2, 0.25) is 11.5 Å². The van der Waals surface area contributed by atoms with Crippen molar-refractivity contribution in [3.63, 3.8) is 0 Å². The molecule has 6 nitrogen and oxygen atoms in total. The molecule has 0 fully saturated rings. The summed E-state index contributed by atoms with van der Waals surface area (Å²) in [6, 6.07) is 6.98. The van der Waals surface area contributed by atoms with Crippen molar-refractivity contribution < 1.29 is 29.2 Å². The second-order valence-electron chi connectivity index (χ2n) is 5.70. The first kappa shape index (κ1) is 19.3. The van der Waals surface area contributed by atoms with E-state index in [-0.39, 0.29) is 17.4 Å². The van der Waals surface area contributed by atoms with Crippen LogP contribution in [0.2, 0.25) is 0 Å². The molecular weight excluding hydrogens is 336 g/mol. The highest BCUT2D eigenvalue weighted by Crippen LogP contribution is 2.40. The van der Waals surface area contributed by atoms with Crippen molar-refractivity contribution in [2.45, 2.75) is 12.8 Å². The van der Waals surface area contributed by atoms with Crippen molar-refractivity contribution in [1.29, 1.82) is 0 Å². The van der Waals surface area contributed by atoms with E-state index in [2.05, 4.69) is 0 Å². The Bertz CT molecular complexity index is 747. The van der Waals surface area contributed by atoms with E-state index in [1.165, 1.54) is 28.4 Å². The minimum Gasteiger partial charge on any atom is -0.502 e. The van der Waals surface area contributed by atoms with Gasteiger partial charge in [-0.2, -0.15) is 0 Å². The van der Waals surface area contributed by atoms with Crippen LogP contribution in [-0.2, 0) is 0 Å². The lowest BCUT2D eigenvalue weighted by Crippen LogP contribution is -1.95. The molecule has 0 saturated heterocycles. The Morgan fingerprint density at radius 3 is 1.50 bits per heavy atom. The predicted molar refractivity (Wildman–Crippen MR) is 99.9 cm³/mol. The highest BCUT2D eigenvalue weighted by molar-refractivity contribution is 5.62. The average Bonchev–Trinajstić information content (AvgIpc) is 2.66. The third-order valence-corrected chi connectivity index (χ3v) is 4.11.